The zero-order chi connectivity index (χ0) is 16.0. The molecule has 0 fully saturated rings. The predicted octanol–water partition coefficient (Wildman–Crippen LogP) is 3.09. The van der Waals surface area contributed by atoms with E-state index in [9.17, 15) is 18.0 Å². The number of amides is 1. The van der Waals surface area contributed by atoms with Gasteiger partial charge < -0.3 is 5.32 Å². The predicted molar refractivity (Wildman–Crippen MR) is 77.0 cm³/mol. The van der Waals surface area contributed by atoms with Gasteiger partial charge in [-0.15, -0.1) is 0 Å². The number of benzene rings is 2. The molecule has 22 heavy (non-hydrogen) atoms. The fourth-order valence-corrected chi connectivity index (χ4v) is 1.87. The monoisotopic (exact) mass is 308 g/mol. The first kappa shape index (κ1) is 16.0. The number of halogens is 3. The number of alkyl halides is 3. The van der Waals surface area contributed by atoms with Crippen LogP contribution in [0, 0.1) is 0 Å². The van der Waals surface area contributed by atoms with Crippen molar-refractivity contribution in [3.8, 4) is 0 Å². The summed E-state index contributed by atoms with van der Waals surface area (Å²) in [5.41, 5.74) is 0.879. The Labute approximate surface area is 126 Å². The van der Waals surface area contributed by atoms with E-state index < -0.39 is 18.2 Å². The van der Waals surface area contributed by atoms with Crippen LogP contribution in [0.3, 0.4) is 0 Å². The molecule has 1 atom stereocenters. The first-order chi connectivity index (χ1) is 10.5. The molecule has 0 aromatic heterocycles. The van der Waals surface area contributed by atoms with Gasteiger partial charge >= 0.3 is 6.18 Å². The third-order valence-electron chi connectivity index (χ3n) is 2.99. The number of hydrogen-bond acceptors (Lipinski definition) is 2. The molecule has 2 aromatic carbocycles. The second-order valence-electron chi connectivity index (χ2n) is 4.68. The van der Waals surface area contributed by atoms with Crippen molar-refractivity contribution in [2.45, 2.75) is 18.9 Å². The highest BCUT2D eigenvalue weighted by Crippen LogP contribution is 2.19. The molecule has 0 heterocycles. The molecular formula is C16H15F3N2O. The van der Waals surface area contributed by atoms with Crippen LogP contribution in [0.2, 0.25) is 0 Å². The summed E-state index contributed by atoms with van der Waals surface area (Å²) in [4.78, 5) is 11.9. The largest absolute Gasteiger partial charge is 0.422 e. The Morgan fingerprint density at radius 1 is 0.955 bits per heavy atom. The second-order valence-corrected chi connectivity index (χ2v) is 4.68. The van der Waals surface area contributed by atoms with Gasteiger partial charge in [0.25, 0.3) is 5.91 Å². The lowest BCUT2D eigenvalue weighted by Crippen LogP contribution is -2.54. The van der Waals surface area contributed by atoms with Crippen LogP contribution >= 0.6 is 0 Å². The highest BCUT2D eigenvalue weighted by Gasteiger charge is 2.40. The number of rotatable bonds is 5. The molecule has 0 radical (unpaired) electrons. The fourth-order valence-electron chi connectivity index (χ4n) is 1.87. The van der Waals surface area contributed by atoms with Crippen molar-refractivity contribution in [1.29, 1.82) is 0 Å². The molecule has 0 saturated heterocycles. The Hall–Kier alpha value is -2.34. The summed E-state index contributed by atoms with van der Waals surface area (Å²) in [6.07, 6.45) is -6.69. The van der Waals surface area contributed by atoms with Crippen molar-refractivity contribution < 1.29 is 18.0 Å². The molecule has 3 nitrogen and oxygen atoms in total. The van der Waals surface area contributed by atoms with E-state index in [1.165, 1.54) is 12.1 Å². The molecule has 2 aromatic rings. The van der Waals surface area contributed by atoms with Gasteiger partial charge in [0.2, 0.25) is 0 Å². The quantitative estimate of drug-likeness (QED) is 0.833. The summed E-state index contributed by atoms with van der Waals surface area (Å²) < 4.78 is 39.1. The van der Waals surface area contributed by atoms with Gasteiger partial charge in [0.1, 0.15) is 0 Å². The molecule has 0 saturated carbocycles. The molecule has 116 valence electrons. The average Bonchev–Trinajstić information content (AvgIpc) is 2.52. The Kier molecular flexibility index (Phi) is 5.16. The zero-order valence-electron chi connectivity index (χ0n) is 11.6. The Morgan fingerprint density at radius 3 is 2.05 bits per heavy atom. The summed E-state index contributed by atoms with van der Waals surface area (Å²) in [6.45, 7) is 0.0000857. The molecular weight excluding hydrogens is 293 g/mol. The molecule has 1 amide bonds. The molecule has 0 aliphatic heterocycles. The highest BCUT2D eigenvalue weighted by molar-refractivity contribution is 5.94. The van der Waals surface area contributed by atoms with E-state index in [0.29, 0.717) is 5.56 Å². The summed E-state index contributed by atoms with van der Waals surface area (Å²) >= 11 is 0. The van der Waals surface area contributed by atoms with Crippen molar-refractivity contribution >= 4 is 5.91 Å². The third-order valence-corrected chi connectivity index (χ3v) is 2.99. The zero-order valence-corrected chi connectivity index (χ0v) is 11.6. The van der Waals surface area contributed by atoms with Gasteiger partial charge in [-0.05, 0) is 17.7 Å². The minimum absolute atomic E-state index is 0.0000857. The lowest BCUT2D eigenvalue weighted by molar-refractivity contribution is -0.161. The molecule has 0 aliphatic carbocycles. The molecule has 1 unspecified atom stereocenters. The maximum Gasteiger partial charge on any atom is 0.422 e. The van der Waals surface area contributed by atoms with Crippen LogP contribution in [0.25, 0.3) is 0 Å². The van der Waals surface area contributed by atoms with E-state index in [2.05, 4.69) is 5.32 Å². The van der Waals surface area contributed by atoms with Crippen LogP contribution in [-0.4, -0.2) is 18.2 Å². The van der Waals surface area contributed by atoms with Crippen molar-refractivity contribution in [2.24, 2.45) is 0 Å². The number of hydrogen-bond donors (Lipinski definition) is 2. The SMILES string of the molecule is O=C(NC(NCc1ccccc1)C(F)(F)F)c1ccccc1. The number of carbonyl (C=O) groups is 1. The van der Waals surface area contributed by atoms with E-state index in [1.54, 1.807) is 48.5 Å². The standard InChI is InChI=1S/C16H15F3N2O/c17-16(18,19)15(20-11-12-7-3-1-4-8-12)21-14(22)13-9-5-2-6-10-13/h1-10,15,20H,11H2,(H,21,22). The van der Waals surface area contributed by atoms with Gasteiger partial charge in [-0.2, -0.15) is 13.2 Å². The van der Waals surface area contributed by atoms with Crippen molar-refractivity contribution in [3.05, 3.63) is 71.8 Å². The minimum atomic E-state index is -4.58. The van der Waals surface area contributed by atoms with Gasteiger partial charge in [-0.3, -0.25) is 10.1 Å². The van der Waals surface area contributed by atoms with Crippen LogP contribution in [0.1, 0.15) is 15.9 Å². The van der Waals surface area contributed by atoms with Crippen molar-refractivity contribution in [1.82, 2.24) is 10.6 Å². The van der Waals surface area contributed by atoms with Gasteiger partial charge in [0, 0.05) is 12.1 Å². The maximum absolute atomic E-state index is 13.0. The normalized spacial score (nSPS) is 12.7. The Balaban J connectivity index is 2.02. The second kappa shape index (κ2) is 7.09. The molecule has 2 N–H and O–H groups in total. The Bertz CT molecular complexity index is 600. The van der Waals surface area contributed by atoms with Gasteiger partial charge in [-0.25, -0.2) is 0 Å². The third kappa shape index (κ3) is 4.60. The van der Waals surface area contributed by atoms with Crippen molar-refractivity contribution in [2.75, 3.05) is 0 Å². The lowest BCUT2D eigenvalue weighted by atomic mass is 10.2. The number of carbonyl (C=O) groups excluding carboxylic acids is 1. The lowest BCUT2D eigenvalue weighted by Gasteiger charge is -2.23. The summed E-state index contributed by atoms with van der Waals surface area (Å²) in [5.74, 6) is -0.775. The molecule has 6 heteroatoms. The van der Waals surface area contributed by atoms with Crippen LogP contribution in [0.15, 0.2) is 60.7 Å². The molecule has 0 aliphatic rings. The molecule has 0 spiro atoms. The summed E-state index contributed by atoms with van der Waals surface area (Å²) in [7, 11) is 0. The average molecular weight is 308 g/mol. The van der Waals surface area contributed by atoms with E-state index in [4.69, 9.17) is 0 Å². The summed E-state index contributed by atoms with van der Waals surface area (Å²) in [5, 5.41) is 4.29. The van der Waals surface area contributed by atoms with Gasteiger partial charge in [0.05, 0.1) is 0 Å². The van der Waals surface area contributed by atoms with Gasteiger partial charge in [-0.1, -0.05) is 48.5 Å². The molecule has 0 bridgehead atoms. The van der Waals surface area contributed by atoms with E-state index >= 15 is 0 Å². The molecule has 2 rings (SSSR count). The minimum Gasteiger partial charge on any atom is -0.329 e. The topological polar surface area (TPSA) is 41.1 Å². The van der Waals surface area contributed by atoms with E-state index in [1.807, 2.05) is 5.32 Å². The summed E-state index contributed by atoms with van der Waals surface area (Å²) in [6, 6.07) is 16.5. The van der Waals surface area contributed by atoms with E-state index in [0.717, 1.165) is 0 Å². The van der Waals surface area contributed by atoms with Crippen LogP contribution in [-0.2, 0) is 6.54 Å². The smallest absolute Gasteiger partial charge is 0.329 e. The number of nitrogens with one attached hydrogen (secondary N) is 2. The first-order valence-electron chi connectivity index (χ1n) is 6.67. The van der Waals surface area contributed by atoms with Crippen LogP contribution in [0.4, 0.5) is 13.2 Å². The fraction of sp³-hybridized carbons (Fsp3) is 0.188. The van der Waals surface area contributed by atoms with Crippen molar-refractivity contribution in [3.63, 3.8) is 0 Å². The van der Waals surface area contributed by atoms with E-state index in [-0.39, 0.29) is 12.1 Å². The first-order valence-corrected chi connectivity index (χ1v) is 6.67. The highest BCUT2D eigenvalue weighted by atomic mass is 19.4. The van der Waals surface area contributed by atoms with Crippen LogP contribution in [0.5, 0.6) is 0 Å². The van der Waals surface area contributed by atoms with Crippen LogP contribution < -0.4 is 10.6 Å². The van der Waals surface area contributed by atoms with Gasteiger partial charge in [0.15, 0.2) is 6.17 Å². The Morgan fingerprint density at radius 2 is 1.50 bits per heavy atom. The maximum atomic E-state index is 13.0.